The summed E-state index contributed by atoms with van der Waals surface area (Å²) >= 11 is 1.73. The highest BCUT2D eigenvalue weighted by molar-refractivity contribution is 7.99. The van der Waals surface area contributed by atoms with E-state index in [1.54, 1.807) is 17.8 Å². The van der Waals surface area contributed by atoms with Crippen LogP contribution in [0, 0.1) is 5.82 Å². The molecule has 19 heavy (non-hydrogen) atoms. The van der Waals surface area contributed by atoms with Gasteiger partial charge in [0.15, 0.2) is 0 Å². The quantitative estimate of drug-likeness (QED) is 0.873. The summed E-state index contributed by atoms with van der Waals surface area (Å²) in [7, 11) is 0. The molecule has 0 bridgehead atoms. The fourth-order valence-electron chi connectivity index (χ4n) is 2.70. The molecule has 2 aliphatic rings. The number of halogens is 1. The molecule has 1 unspecified atom stereocenters. The Morgan fingerprint density at radius 3 is 3.11 bits per heavy atom. The monoisotopic (exact) mass is 280 g/mol. The second-order valence-corrected chi connectivity index (χ2v) is 6.17. The number of carbonyl (C=O) groups excluding carboxylic acids is 1. The Hall–Kier alpha value is -1.07. The number of hydrogen-bond acceptors (Lipinski definition) is 3. The minimum atomic E-state index is -0.237. The van der Waals surface area contributed by atoms with Crippen LogP contribution in [-0.4, -0.2) is 24.2 Å². The van der Waals surface area contributed by atoms with Crippen molar-refractivity contribution >= 4 is 17.7 Å². The van der Waals surface area contributed by atoms with E-state index in [4.69, 9.17) is 0 Å². The van der Waals surface area contributed by atoms with E-state index in [0.717, 1.165) is 42.0 Å². The van der Waals surface area contributed by atoms with Gasteiger partial charge in [0.2, 0.25) is 5.91 Å². The summed E-state index contributed by atoms with van der Waals surface area (Å²) in [6.45, 7) is 0.907. The Labute approximate surface area is 116 Å². The molecule has 102 valence electrons. The predicted octanol–water partition coefficient (Wildman–Crippen LogP) is 2.23. The third-order valence-corrected chi connectivity index (χ3v) is 4.83. The van der Waals surface area contributed by atoms with Gasteiger partial charge in [-0.1, -0.05) is 0 Å². The molecule has 2 heterocycles. The van der Waals surface area contributed by atoms with Gasteiger partial charge in [0, 0.05) is 10.6 Å². The lowest BCUT2D eigenvalue weighted by Gasteiger charge is -2.27. The van der Waals surface area contributed by atoms with Crippen LogP contribution in [-0.2, 0) is 4.79 Å². The summed E-state index contributed by atoms with van der Waals surface area (Å²) in [5.41, 5.74) is 0.919. The van der Waals surface area contributed by atoms with Gasteiger partial charge in [0.1, 0.15) is 5.82 Å². The van der Waals surface area contributed by atoms with Gasteiger partial charge in [0.05, 0.1) is 12.1 Å². The zero-order valence-corrected chi connectivity index (χ0v) is 11.4. The number of carbonyl (C=O) groups is 1. The normalized spacial score (nSPS) is 25.9. The molecule has 2 atom stereocenters. The van der Waals surface area contributed by atoms with Crippen LogP contribution in [0.25, 0.3) is 0 Å². The third-order valence-electron chi connectivity index (χ3n) is 3.70. The van der Waals surface area contributed by atoms with Crippen molar-refractivity contribution in [2.24, 2.45) is 0 Å². The zero-order valence-electron chi connectivity index (χ0n) is 10.6. The molecule has 2 N–H and O–H groups in total. The Morgan fingerprint density at radius 1 is 1.42 bits per heavy atom. The first-order valence-electron chi connectivity index (χ1n) is 6.70. The summed E-state index contributed by atoms with van der Waals surface area (Å²) in [4.78, 5) is 13.2. The number of fused-ring (bicyclic) bond motifs is 1. The average molecular weight is 280 g/mol. The molecule has 0 aliphatic carbocycles. The molecule has 0 spiro atoms. The van der Waals surface area contributed by atoms with E-state index in [-0.39, 0.29) is 23.8 Å². The molecule has 1 aromatic carbocycles. The molecule has 3 nitrogen and oxygen atoms in total. The molecule has 1 fully saturated rings. The highest BCUT2D eigenvalue weighted by Crippen LogP contribution is 2.36. The van der Waals surface area contributed by atoms with Crippen LogP contribution >= 0.6 is 11.8 Å². The summed E-state index contributed by atoms with van der Waals surface area (Å²) in [5, 5.41) is 6.25. The SMILES string of the molecule is O=C(NC1CCSc2ccc(F)cc21)[C@@H]1CCCN1. The second kappa shape index (κ2) is 5.51. The van der Waals surface area contributed by atoms with Crippen molar-refractivity contribution in [1.29, 1.82) is 0 Å². The van der Waals surface area contributed by atoms with E-state index >= 15 is 0 Å². The number of benzene rings is 1. The maximum absolute atomic E-state index is 13.4. The van der Waals surface area contributed by atoms with Crippen molar-refractivity contribution in [3.05, 3.63) is 29.6 Å². The molecule has 0 saturated carbocycles. The van der Waals surface area contributed by atoms with Gasteiger partial charge in [0.25, 0.3) is 0 Å². The lowest BCUT2D eigenvalue weighted by molar-refractivity contribution is -0.123. The minimum Gasteiger partial charge on any atom is -0.348 e. The first-order chi connectivity index (χ1) is 9.24. The average Bonchev–Trinajstić information content (AvgIpc) is 2.93. The number of thioether (sulfide) groups is 1. The number of amides is 1. The highest BCUT2D eigenvalue weighted by atomic mass is 32.2. The summed E-state index contributed by atoms with van der Waals surface area (Å²) in [5.74, 6) is 0.769. The Balaban J connectivity index is 1.75. The van der Waals surface area contributed by atoms with Gasteiger partial charge in [-0.25, -0.2) is 4.39 Å². The summed E-state index contributed by atoms with van der Waals surface area (Å²) in [6, 6.07) is 4.71. The second-order valence-electron chi connectivity index (χ2n) is 5.03. The minimum absolute atomic E-state index is 0.0459. The molecule has 1 saturated heterocycles. The van der Waals surface area contributed by atoms with Crippen LogP contribution in [0.5, 0.6) is 0 Å². The molecule has 2 aliphatic heterocycles. The van der Waals surface area contributed by atoms with E-state index in [1.807, 2.05) is 6.07 Å². The number of nitrogens with one attached hydrogen (secondary N) is 2. The molecule has 0 aromatic heterocycles. The van der Waals surface area contributed by atoms with Crippen LogP contribution < -0.4 is 10.6 Å². The van der Waals surface area contributed by atoms with Gasteiger partial charge in [-0.3, -0.25) is 4.79 Å². The molecule has 5 heteroatoms. The van der Waals surface area contributed by atoms with Gasteiger partial charge >= 0.3 is 0 Å². The van der Waals surface area contributed by atoms with E-state index in [0.29, 0.717) is 0 Å². The smallest absolute Gasteiger partial charge is 0.237 e. The van der Waals surface area contributed by atoms with Crippen LogP contribution in [0.3, 0.4) is 0 Å². The topological polar surface area (TPSA) is 41.1 Å². The molecule has 3 rings (SSSR count). The van der Waals surface area contributed by atoms with E-state index in [1.165, 1.54) is 6.07 Å². The fraction of sp³-hybridized carbons (Fsp3) is 0.500. The predicted molar refractivity (Wildman–Crippen MR) is 73.6 cm³/mol. The van der Waals surface area contributed by atoms with Crippen LogP contribution in [0.15, 0.2) is 23.1 Å². The van der Waals surface area contributed by atoms with Crippen LogP contribution in [0.1, 0.15) is 30.9 Å². The fourth-order valence-corrected chi connectivity index (χ4v) is 3.80. The van der Waals surface area contributed by atoms with Crippen LogP contribution in [0.2, 0.25) is 0 Å². The largest absolute Gasteiger partial charge is 0.348 e. The van der Waals surface area contributed by atoms with Crippen molar-refractivity contribution in [2.75, 3.05) is 12.3 Å². The maximum atomic E-state index is 13.4. The molecule has 1 aromatic rings. The van der Waals surface area contributed by atoms with Gasteiger partial charge in [-0.2, -0.15) is 0 Å². The summed E-state index contributed by atoms with van der Waals surface area (Å²) < 4.78 is 13.4. The van der Waals surface area contributed by atoms with E-state index in [2.05, 4.69) is 10.6 Å². The van der Waals surface area contributed by atoms with Gasteiger partial charge in [-0.15, -0.1) is 11.8 Å². The Kier molecular flexibility index (Phi) is 3.75. The van der Waals surface area contributed by atoms with E-state index < -0.39 is 0 Å². The zero-order chi connectivity index (χ0) is 13.2. The lowest BCUT2D eigenvalue weighted by atomic mass is 10.0. The lowest BCUT2D eigenvalue weighted by Crippen LogP contribution is -2.42. The highest BCUT2D eigenvalue weighted by Gasteiger charge is 2.27. The molecule has 0 radical (unpaired) electrons. The van der Waals surface area contributed by atoms with Crippen molar-refractivity contribution in [3.63, 3.8) is 0 Å². The van der Waals surface area contributed by atoms with E-state index in [9.17, 15) is 9.18 Å². The van der Waals surface area contributed by atoms with Crippen LogP contribution in [0.4, 0.5) is 4.39 Å². The Bertz CT molecular complexity index is 488. The first kappa shape index (κ1) is 12.9. The van der Waals surface area contributed by atoms with Gasteiger partial charge < -0.3 is 10.6 Å². The van der Waals surface area contributed by atoms with Crippen molar-refractivity contribution in [3.8, 4) is 0 Å². The number of hydrogen-bond donors (Lipinski definition) is 2. The molecular formula is C14H17FN2OS. The third kappa shape index (κ3) is 2.77. The molecule has 1 amide bonds. The molecular weight excluding hydrogens is 263 g/mol. The Morgan fingerprint density at radius 2 is 2.32 bits per heavy atom. The summed E-state index contributed by atoms with van der Waals surface area (Å²) in [6.07, 6.45) is 2.80. The van der Waals surface area contributed by atoms with Crippen molar-refractivity contribution < 1.29 is 9.18 Å². The number of rotatable bonds is 2. The van der Waals surface area contributed by atoms with Crippen molar-refractivity contribution in [2.45, 2.75) is 36.2 Å². The van der Waals surface area contributed by atoms with Crippen molar-refractivity contribution in [1.82, 2.24) is 10.6 Å². The maximum Gasteiger partial charge on any atom is 0.237 e. The van der Waals surface area contributed by atoms with Gasteiger partial charge in [-0.05, 0) is 49.6 Å². The standard InChI is InChI=1S/C14H17FN2OS/c15-9-3-4-13-10(8-9)11(5-7-19-13)17-14(18)12-2-1-6-16-12/h3-4,8,11-12,16H,1-2,5-7H2,(H,17,18)/t11?,12-/m0/s1. The first-order valence-corrected chi connectivity index (χ1v) is 7.68.